The van der Waals surface area contributed by atoms with Crippen molar-refractivity contribution in [3.05, 3.63) is 96.1 Å². The number of benzene rings is 3. The molecule has 1 fully saturated rings. The number of nitrogens with one attached hydrogen (secondary N) is 2. The predicted molar refractivity (Wildman–Crippen MR) is 146 cm³/mol. The first-order chi connectivity index (χ1) is 18.6. The van der Waals surface area contributed by atoms with Gasteiger partial charge in [0, 0.05) is 5.56 Å². The zero-order chi connectivity index (χ0) is 26.6. The van der Waals surface area contributed by atoms with Crippen molar-refractivity contribution in [2.24, 2.45) is 11.8 Å². The Morgan fingerprint density at radius 1 is 0.895 bits per heavy atom. The summed E-state index contributed by atoms with van der Waals surface area (Å²) in [5, 5.41) is 6.83. The van der Waals surface area contributed by atoms with E-state index in [4.69, 9.17) is 4.84 Å². The van der Waals surface area contributed by atoms with Gasteiger partial charge in [0.2, 0.25) is 12.3 Å². The lowest BCUT2D eigenvalue weighted by molar-refractivity contribution is -0.182. The van der Waals surface area contributed by atoms with E-state index >= 15 is 0 Å². The normalized spacial score (nSPS) is 14.0. The van der Waals surface area contributed by atoms with E-state index < -0.39 is 5.92 Å². The summed E-state index contributed by atoms with van der Waals surface area (Å²) in [4.78, 5) is 43.3. The van der Waals surface area contributed by atoms with Crippen molar-refractivity contribution < 1.29 is 19.2 Å². The molecule has 7 nitrogen and oxygen atoms in total. The zero-order valence-electron chi connectivity index (χ0n) is 21.6. The average molecular weight is 514 g/mol. The Labute approximate surface area is 224 Å². The number of rotatable bonds is 13. The number of amides is 3. The maximum Gasteiger partial charge on any atom is 0.252 e. The summed E-state index contributed by atoms with van der Waals surface area (Å²) in [6.07, 6.45) is 5.81. The van der Waals surface area contributed by atoms with Gasteiger partial charge in [-0.2, -0.15) is 0 Å². The molecule has 3 amide bonds. The topological polar surface area (TPSA) is 87.7 Å². The predicted octanol–water partition coefficient (Wildman–Crippen LogP) is 4.94. The Balaban J connectivity index is 1.32. The third kappa shape index (κ3) is 8.02. The van der Waals surface area contributed by atoms with Gasteiger partial charge in [-0.15, -0.1) is 0 Å². The molecule has 7 heteroatoms. The van der Waals surface area contributed by atoms with Crippen LogP contribution in [0, 0.1) is 11.8 Å². The molecule has 1 saturated carbocycles. The van der Waals surface area contributed by atoms with Crippen LogP contribution in [-0.4, -0.2) is 36.5 Å². The minimum atomic E-state index is -0.433. The van der Waals surface area contributed by atoms with E-state index in [1.807, 2.05) is 78.9 Å². The highest BCUT2D eigenvalue weighted by atomic mass is 16.7. The lowest BCUT2D eigenvalue weighted by Gasteiger charge is -2.25. The molecular weight excluding hydrogens is 478 g/mol. The lowest BCUT2D eigenvalue weighted by atomic mass is 9.92. The van der Waals surface area contributed by atoms with E-state index in [0.29, 0.717) is 24.3 Å². The maximum absolute atomic E-state index is 13.2. The monoisotopic (exact) mass is 513 g/mol. The Hall–Kier alpha value is -3.97. The standard InChI is InChI=1S/C31H35N3O4/c35-23-34(38-21-25-12-3-1-4-13-25)20-29(18-24-10-7-8-11-24)31(37)33-22-32-30(36)28-17-9-16-27(19-28)26-14-5-2-6-15-26/h1-6,9,12-17,19,23-24,29H,7-8,10-11,18,20-22H2,(H,32,36)(H,33,37)/t29-/m1/s1. The quantitative estimate of drug-likeness (QED) is 0.192. The summed E-state index contributed by atoms with van der Waals surface area (Å²) in [5.41, 5.74) is 3.43. The molecule has 0 saturated heterocycles. The Bertz CT molecular complexity index is 1180. The molecule has 2 N–H and O–H groups in total. The van der Waals surface area contributed by atoms with Gasteiger partial charge in [-0.25, -0.2) is 5.06 Å². The molecule has 0 bridgehead atoms. The van der Waals surface area contributed by atoms with E-state index in [2.05, 4.69) is 10.6 Å². The first kappa shape index (κ1) is 27.1. The van der Waals surface area contributed by atoms with Gasteiger partial charge in [0.05, 0.1) is 19.1 Å². The summed E-state index contributed by atoms with van der Waals surface area (Å²) >= 11 is 0. The van der Waals surface area contributed by atoms with Crippen molar-refractivity contribution in [3.63, 3.8) is 0 Å². The number of carbonyl (C=O) groups excluding carboxylic acids is 3. The van der Waals surface area contributed by atoms with Crippen molar-refractivity contribution in [2.45, 2.75) is 38.7 Å². The third-order valence-corrected chi connectivity index (χ3v) is 6.96. The van der Waals surface area contributed by atoms with Crippen LogP contribution in [0.3, 0.4) is 0 Å². The zero-order valence-corrected chi connectivity index (χ0v) is 21.6. The van der Waals surface area contributed by atoms with Crippen LogP contribution in [0.1, 0.15) is 48.0 Å². The van der Waals surface area contributed by atoms with Gasteiger partial charge < -0.3 is 10.6 Å². The van der Waals surface area contributed by atoms with Crippen LogP contribution in [0.15, 0.2) is 84.9 Å². The first-order valence-corrected chi connectivity index (χ1v) is 13.2. The van der Waals surface area contributed by atoms with Crippen LogP contribution in [0.4, 0.5) is 0 Å². The number of hydrogen-bond acceptors (Lipinski definition) is 4. The van der Waals surface area contributed by atoms with E-state index in [-0.39, 0.29) is 31.6 Å². The van der Waals surface area contributed by atoms with Gasteiger partial charge >= 0.3 is 0 Å². The summed E-state index contributed by atoms with van der Waals surface area (Å²) in [6, 6.07) is 26.8. The highest BCUT2D eigenvalue weighted by Crippen LogP contribution is 2.30. The summed E-state index contributed by atoms with van der Waals surface area (Å²) in [7, 11) is 0. The maximum atomic E-state index is 13.2. The van der Waals surface area contributed by atoms with Crippen molar-refractivity contribution in [2.75, 3.05) is 13.2 Å². The van der Waals surface area contributed by atoms with Gasteiger partial charge in [0.25, 0.3) is 5.91 Å². The fraction of sp³-hybridized carbons (Fsp3) is 0.323. The number of nitrogens with zero attached hydrogens (tertiary/aromatic N) is 1. The largest absolute Gasteiger partial charge is 0.338 e. The van der Waals surface area contributed by atoms with Crippen molar-refractivity contribution in [3.8, 4) is 11.1 Å². The molecule has 38 heavy (non-hydrogen) atoms. The molecule has 198 valence electrons. The van der Waals surface area contributed by atoms with Gasteiger partial charge in [0.15, 0.2) is 0 Å². The van der Waals surface area contributed by atoms with Crippen LogP contribution in [0.5, 0.6) is 0 Å². The Morgan fingerprint density at radius 3 is 2.29 bits per heavy atom. The molecule has 1 atom stereocenters. The average Bonchev–Trinajstić information content (AvgIpc) is 3.49. The highest BCUT2D eigenvalue weighted by Gasteiger charge is 2.27. The van der Waals surface area contributed by atoms with Crippen molar-refractivity contribution in [1.82, 2.24) is 15.7 Å². The third-order valence-electron chi connectivity index (χ3n) is 6.96. The molecule has 0 aromatic heterocycles. The number of carbonyl (C=O) groups is 3. The summed E-state index contributed by atoms with van der Waals surface area (Å²) in [6.45, 7) is 0.404. The first-order valence-electron chi connectivity index (χ1n) is 13.2. The van der Waals surface area contributed by atoms with E-state index in [1.54, 1.807) is 6.07 Å². The van der Waals surface area contributed by atoms with Gasteiger partial charge in [0.1, 0.15) is 6.61 Å². The summed E-state index contributed by atoms with van der Waals surface area (Å²) < 4.78 is 0. The molecule has 3 aromatic carbocycles. The van der Waals surface area contributed by atoms with Crippen molar-refractivity contribution >= 4 is 18.2 Å². The van der Waals surface area contributed by atoms with E-state index in [9.17, 15) is 14.4 Å². The van der Waals surface area contributed by atoms with Crippen LogP contribution in [-0.2, 0) is 21.0 Å². The molecule has 1 aliphatic carbocycles. The van der Waals surface area contributed by atoms with Crippen LogP contribution < -0.4 is 10.6 Å². The number of hydrogen-bond donors (Lipinski definition) is 2. The highest BCUT2D eigenvalue weighted by molar-refractivity contribution is 5.95. The second-order valence-corrected chi connectivity index (χ2v) is 9.72. The molecule has 0 radical (unpaired) electrons. The molecular formula is C31H35N3O4. The van der Waals surface area contributed by atoms with Crippen LogP contribution in [0.25, 0.3) is 11.1 Å². The SMILES string of the molecule is O=CN(C[C@@H](CC1CCCC1)C(=O)NCNC(=O)c1cccc(-c2ccccc2)c1)OCc1ccccc1. The fourth-order valence-electron chi connectivity index (χ4n) is 4.92. The Kier molecular flexibility index (Phi) is 10.0. The van der Waals surface area contributed by atoms with Gasteiger partial charge in [-0.05, 0) is 41.2 Å². The molecule has 1 aliphatic rings. The molecule has 0 spiro atoms. The van der Waals surface area contributed by atoms with Crippen LogP contribution in [0.2, 0.25) is 0 Å². The van der Waals surface area contributed by atoms with Gasteiger partial charge in [-0.3, -0.25) is 19.2 Å². The van der Waals surface area contributed by atoms with Crippen LogP contribution >= 0.6 is 0 Å². The number of hydroxylamine groups is 2. The van der Waals surface area contributed by atoms with E-state index in [1.165, 1.54) is 17.9 Å². The second kappa shape index (κ2) is 14.1. The minimum Gasteiger partial charge on any atom is -0.338 e. The fourth-order valence-corrected chi connectivity index (χ4v) is 4.92. The molecule has 0 unspecified atom stereocenters. The van der Waals surface area contributed by atoms with E-state index in [0.717, 1.165) is 29.5 Å². The van der Waals surface area contributed by atoms with Gasteiger partial charge in [-0.1, -0.05) is 98.5 Å². The molecule has 0 heterocycles. The Morgan fingerprint density at radius 2 is 1.58 bits per heavy atom. The minimum absolute atomic E-state index is 0.000357. The summed E-state index contributed by atoms with van der Waals surface area (Å²) in [5.74, 6) is -0.456. The van der Waals surface area contributed by atoms with Crippen molar-refractivity contribution in [1.29, 1.82) is 0 Å². The second-order valence-electron chi connectivity index (χ2n) is 9.72. The lowest BCUT2D eigenvalue weighted by Crippen LogP contribution is -2.43. The smallest absolute Gasteiger partial charge is 0.252 e. The molecule has 3 aromatic rings. The molecule has 4 rings (SSSR count). The molecule has 0 aliphatic heterocycles.